The Bertz CT molecular complexity index is 800. The van der Waals surface area contributed by atoms with E-state index in [9.17, 15) is 14.3 Å². The van der Waals surface area contributed by atoms with Gasteiger partial charge in [-0.15, -0.1) is 0 Å². The number of para-hydroxylation sites is 1. The average molecular weight is 283 g/mol. The number of nitrogens with zero attached hydrogens (tertiary/aromatic N) is 3. The molecule has 1 N–H and O–H groups in total. The molecule has 0 aliphatic rings. The molecule has 5 nitrogen and oxygen atoms in total. The molecule has 0 saturated heterocycles. The third-order valence-corrected chi connectivity index (χ3v) is 2.98. The summed E-state index contributed by atoms with van der Waals surface area (Å²) in [5.74, 6) is -1.61. The second kappa shape index (κ2) is 5.16. The number of halogens is 1. The van der Waals surface area contributed by atoms with E-state index < -0.39 is 11.8 Å². The Balaban J connectivity index is 2.18. The van der Waals surface area contributed by atoms with Crippen LogP contribution in [-0.4, -0.2) is 25.8 Å². The maximum absolute atomic E-state index is 13.8. The van der Waals surface area contributed by atoms with Gasteiger partial charge in [-0.2, -0.15) is 5.10 Å². The first-order valence-corrected chi connectivity index (χ1v) is 6.15. The van der Waals surface area contributed by atoms with Crippen LogP contribution in [0.3, 0.4) is 0 Å². The van der Waals surface area contributed by atoms with Crippen molar-refractivity contribution in [2.24, 2.45) is 0 Å². The monoisotopic (exact) mass is 283 g/mol. The molecule has 0 fully saturated rings. The number of hydrogen-bond acceptors (Lipinski definition) is 3. The SMILES string of the molecule is O=C(O)c1cn(-c2ccccc2F)nc1-c1cccnc1. The summed E-state index contributed by atoms with van der Waals surface area (Å²) in [6.45, 7) is 0. The van der Waals surface area contributed by atoms with E-state index in [2.05, 4.69) is 10.1 Å². The van der Waals surface area contributed by atoms with Crippen molar-refractivity contribution in [1.29, 1.82) is 0 Å². The predicted octanol–water partition coefficient (Wildman–Crippen LogP) is 2.77. The number of carboxylic acid groups (broad SMARTS) is 1. The van der Waals surface area contributed by atoms with Crippen molar-refractivity contribution in [3.63, 3.8) is 0 Å². The first-order chi connectivity index (χ1) is 10.2. The van der Waals surface area contributed by atoms with Crippen molar-refractivity contribution >= 4 is 5.97 Å². The van der Waals surface area contributed by atoms with Crippen LogP contribution < -0.4 is 0 Å². The van der Waals surface area contributed by atoms with Crippen LogP contribution in [-0.2, 0) is 0 Å². The van der Waals surface area contributed by atoms with Crippen LogP contribution in [0.2, 0.25) is 0 Å². The zero-order valence-electron chi connectivity index (χ0n) is 10.8. The molecular weight excluding hydrogens is 273 g/mol. The summed E-state index contributed by atoms with van der Waals surface area (Å²) < 4.78 is 15.0. The van der Waals surface area contributed by atoms with E-state index in [0.29, 0.717) is 5.56 Å². The van der Waals surface area contributed by atoms with Gasteiger partial charge < -0.3 is 5.11 Å². The molecule has 0 aliphatic carbocycles. The Morgan fingerprint density at radius 3 is 2.67 bits per heavy atom. The molecule has 21 heavy (non-hydrogen) atoms. The number of aromatic nitrogens is 3. The maximum Gasteiger partial charge on any atom is 0.339 e. The fourth-order valence-electron chi connectivity index (χ4n) is 2.01. The molecule has 3 rings (SSSR count). The molecule has 0 spiro atoms. The molecular formula is C15H10FN3O2. The van der Waals surface area contributed by atoms with Crippen molar-refractivity contribution in [1.82, 2.24) is 14.8 Å². The molecule has 6 heteroatoms. The lowest BCUT2D eigenvalue weighted by Gasteiger charge is -2.01. The van der Waals surface area contributed by atoms with Gasteiger partial charge in [-0.1, -0.05) is 12.1 Å². The lowest BCUT2D eigenvalue weighted by molar-refractivity contribution is 0.0697. The van der Waals surface area contributed by atoms with Gasteiger partial charge in [0.15, 0.2) is 0 Å². The van der Waals surface area contributed by atoms with Gasteiger partial charge >= 0.3 is 5.97 Å². The molecule has 0 bridgehead atoms. The van der Waals surface area contributed by atoms with Gasteiger partial charge in [0.1, 0.15) is 22.8 Å². The summed E-state index contributed by atoms with van der Waals surface area (Å²) in [4.78, 5) is 15.3. The van der Waals surface area contributed by atoms with Gasteiger partial charge in [0.2, 0.25) is 0 Å². The summed E-state index contributed by atoms with van der Waals surface area (Å²) in [6.07, 6.45) is 4.39. The highest BCUT2D eigenvalue weighted by molar-refractivity contribution is 5.94. The average Bonchev–Trinajstić information content (AvgIpc) is 2.94. The minimum absolute atomic E-state index is 0.00810. The minimum Gasteiger partial charge on any atom is -0.478 e. The molecule has 1 aromatic carbocycles. The molecule has 0 aliphatic heterocycles. The highest BCUT2D eigenvalue weighted by Crippen LogP contribution is 2.23. The van der Waals surface area contributed by atoms with Crippen LogP contribution in [0.25, 0.3) is 16.9 Å². The molecule has 2 aromatic heterocycles. The van der Waals surface area contributed by atoms with E-state index in [-0.39, 0.29) is 16.9 Å². The van der Waals surface area contributed by atoms with Crippen LogP contribution >= 0.6 is 0 Å². The number of benzene rings is 1. The predicted molar refractivity (Wildman–Crippen MR) is 73.7 cm³/mol. The van der Waals surface area contributed by atoms with E-state index in [1.165, 1.54) is 29.2 Å². The Morgan fingerprint density at radius 2 is 2.00 bits per heavy atom. The van der Waals surface area contributed by atoms with E-state index in [4.69, 9.17) is 0 Å². The second-order valence-electron chi connectivity index (χ2n) is 4.33. The van der Waals surface area contributed by atoms with Crippen molar-refractivity contribution in [3.05, 3.63) is 66.4 Å². The largest absolute Gasteiger partial charge is 0.478 e. The highest BCUT2D eigenvalue weighted by Gasteiger charge is 2.18. The van der Waals surface area contributed by atoms with E-state index in [0.717, 1.165) is 0 Å². The van der Waals surface area contributed by atoms with Gasteiger partial charge in [0.05, 0.1) is 0 Å². The Labute approximate surface area is 119 Å². The third kappa shape index (κ3) is 2.38. The summed E-state index contributed by atoms with van der Waals surface area (Å²) >= 11 is 0. The number of carboxylic acids is 1. The van der Waals surface area contributed by atoms with Gasteiger partial charge in [0, 0.05) is 24.2 Å². The van der Waals surface area contributed by atoms with Gasteiger partial charge in [-0.05, 0) is 24.3 Å². The molecule has 0 atom stereocenters. The molecule has 0 unspecified atom stereocenters. The van der Waals surface area contributed by atoms with Crippen molar-refractivity contribution < 1.29 is 14.3 Å². The molecule has 0 radical (unpaired) electrons. The Kier molecular flexibility index (Phi) is 3.19. The second-order valence-corrected chi connectivity index (χ2v) is 4.33. The molecule has 0 saturated carbocycles. The van der Waals surface area contributed by atoms with Crippen LogP contribution in [0.5, 0.6) is 0 Å². The highest BCUT2D eigenvalue weighted by atomic mass is 19.1. The molecule has 0 amide bonds. The quantitative estimate of drug-likeness (QED) is 0.802. The van der Waals surface area contributed by atoms with Crippen LogP contribution in [0.15, 0.2) is 55.0 Å². The van der Waals surface area contributed by atoms with Gasteiger partial charge in [-0.3, -0.25) is 4.98 Å². The number of aromatic carboxylic acids is 1. The summed E-state index contributed by atoms with van der Waals surface area (Å²) in [6, 6.07) is 9.42. The number of pyridine rings is 1. The molecule has 104 valence electrons. The Hall–Kier alpha value is -3.02. The van der Waals surface area contributed by atoms with Crippen LogP contribution in [0.1, 0.15) is 10.4 Å². The first-order valence-electron chi connectivity index (χ1n) is 6.15. The number of rotatable bonds is 3. The van der Waals surface area contributed by atoms with E-state index in [1.54, 1.807) is 30.5 Å². The fraction of sp³-hybridized carbons (Fsp3) is 0. The van der Waals surface area contributed by atoms with Gasteiger partial charge in [0.25, 0.3) is 0 Å². The summed E-state index contributed by atoms with van der Waals surface area (Å²) in [7, 11) is 0. The van der Waals surface area contributed by atoms with Crippen LogP contribution in [0.4, 0.5) is 4.39 Å². The lowest BCUT2D eigenvalue weighted by atomic mass is 10.1. The normalized spacial score (nSPS) is 10.5. The maximum atomic E-state index is 13.8. The van der Waals surface area contributed by atoms with Crippen molar-refractivity contribution in [3.8, 4) is 16.9 Å². The smallest absolute Gasteiger partial charge is 0.339 e. The molecule has 3 aromatic rings. The summed E-state index contributed by atoms with van der Waals surface area (Å²) in [5.41, 5.74) is 0.991. The number of hydrogen-bond donors (Lipinski definition) is 1. The Morgan fingerprint density at radius 1 is 1.19 bits per heavy atom. The lowest BCUT2D eigenvalue weighted by Crippen LogP contribution is -1.98. The van der Waals surface area contributed by atoms with Crippen molar-refractivity contribution in [2.75, 3.05) is 0 Å². The molecule has 2 heterocycles. The van der Waals surface area contributed by atoms with Crippen molar-refractivity contribution in [2.45, 2.75) is 0 Å². The zero-order chi connectivity index (χ0) is 14.8. The first kappa shape index (κ1) is 13.0. The minimum atomic E-state index is -1.13. The standard InChI is InChI=1S/C15H10FN3O2/c16-12-5-1-2-6-13(12)19-9-11(15(20)21)14(18-19)10-4-3-7-17-8-10/h1-9H,(H,20,21). The zero-order valence-corrected chi connectivity index (χ0v) is 10.8. The summed E-state index contributed by atoms with van der Waals surface area (Å²) in [5, 5.41) is 13.5. The van der Waals surface area contributed by atoms with E-state index >= 15 is 0 Å². The topological polar surface area (TPSA) is 68.0 Å². The van der Waals surface area contributed by atoms with E-state index in [1.807, 2.05) is 0 Å². The van der Waals surface area contributed by atoms with Gasteiger partial charge in [-0.25, -0.2) is 13.9 Å². The fourth-order valence-corrected chi connectivity index (χ4v) is 2.01. The number of carbonyl (C=O) groups is 1. The van der Waals surface area contributed by atoms with Crippen LogP contribution in [0, 0.1) is 5.82 Å². The third-order valence-electron chi connectivity index (χ3n) is 2.98.